The maximum absolute atomic E-state index is 12.3. The molecule has 1 saturated carbocycles. The van der Waals surface area contributed by atoms with E-state index < -0.39 is 0 Å². The summed E-state index contributed by atoms with van der Waals surface area (Å²) in [6, 6.07) is 0.247. The zero-order valence-corrected chi connectivity index (χ0v) is 12.4. The predicted octanol–water partition coefficient (Wildman–Crippen LogP) is 1.50. The fourth-order valence-corrected chi connectivity index (χ4v) is 2.96. The van der Waals surface area contributed by atoms with E-state index in [1.54, 1.807) is 4.90 Å². The molecule has 0 aromatic heterocycles. The van der Waals surface area contributed by atoms with Crippen molar-refractivity contribution in [1.29, 1.82) is 0 Å². The average molecular weight is 270 g/mol. The number of aliphatic hydroxyl groups excluding tert-OH is 1. The summed E-state index contributed by atoms with van der Waals surface area (Å²) in [5.74, 6) is 0. The summed E-state index contributed by atoms with van der Waals surface area (Å²) in [6.07, 6.45) is 2.90. The lowest BCUT2D eigenvalue weighted by molar-refractivity contribution is -0.0693. The number of aliphatic hydroxyl groups is 1. The minimum atomic E-state index is -0.354. The Morgan fingerprint density at radius 3 is 2.42 bits per heavy atom. The Bertz CT molecular complexity index is 351. The van der Waals surface area contributed by atoms with Gasteiger partial charge in [-0.15, -0.1) is 0 Å². The van der Waals surface area contributed by atoms with Crippen LogP contribution in [0.1, 0.15) is 47.0 Å². The van der Waals surface area contributed by atoms with Crippen molar-refractivity contribution >= 4 is 6.03 Å². The van der Waals surface area contributed by atoms with Gasteiger partial charge in [-0.3, -0.25) is 0 Å². The second kappa shape index (κ2) is 4.94. The molecule has 0 spiro atoms. The maximum atomic E-state index is 12.3. The molecular weight excluding hydrogens is 244 g/mol. The van der Waals surface area contributed by atoms with Crippen molar-refractivity contribution in [3.8, 4) is 0 Å². The highest BCUT2D eigenvalue weighted by Gasteiger charge is 2.47. The molecule has 0 aromatic carbocycles. The third kappa shape index (κ3) is 3.39. The first kappa shape index (κ1) is 14.6. The number of urea groups is 1. The zero-order valence-electron chi connectivity index (χ0n) is 12.4. The Hall–Kier alpha value is -0.810. The highest BCUT2D eigenvalue weighted by molar-refractivity contribution is 5.75. The third-order valence-corrected chi connectivity index (χ3v) is 3.96. The van der Waals surface area contributed by atoms with Gasteiger partial charge in [0.05, 0.1) is 23.9 Å². The van der Waals surface area contributed by atoms with Gasteiger partial charge in [0.15, 0.2) is 0 Å². The normalized spacial score (nSPS) is 28.2. The third-order valence-electron chi connectivity index (χ3n) is 3.96. The van der Waals surface area contributed by atoms with Gasteiger partial charge in [0.1, 0.15) is 0 Å². The fraction of sp³-hybridized carbons (Fsp3) is 0.929. The van der Waals surface area contributed by atoms with Gasteiger partial charge < -0.3 is 20.1 Å². The summed E-state index contributed by atoms with van der Waals surface area (Å²) in [7, 11) is 0. The topological polar surface area (TPSA) is 61.8 Å². The Labute approximate surface area is 115 Å². The van der Waals surface area contributed by atoms with Gasteiger partial charge in [-0.2, -0.15) is 0 Å². The van der Waals surface area contributed by atoms with Crippen molar-refractivity contribution in [3.05, 3.63) is 0 Å². The molecular formula is C14H26N2O3. The van der Waals surface area contributed by atoms with Crippen LogP contribution >= 0.6 is 0 Å². The molecule has 2 rings (SSSR count). The van der Waals surface area contributed by atoms with Crippen LogP contribution in [-0.2, 0) is 4.74 Å². The van der Waals surface area contributed by atoms with Crippen LogP contribution in [0.4, 0.5) is 4.79 Å². The van der Waals surface area contributed by atoms with Crippen molar-refractivity contribution in [2.24, 2.45) is 0 Å². The minimum absolute atomic E-state index is 0.00921. The largest absolute Gasteiger partial charge is 0.395 e. The monoisotopic (exact) mass is 270 g/mol. The van der Waals surface area contributed by atoms with Crippen LogP contribution in [0.25, 0.3) is 0 Å². The molecule has 1 aliphatic carbocycles. The number of nitrogens with one attached hydrogen (secondary N) is 1. The quantitative estimate of drug-likeness (QED) is 0.814. The van der Waals surface area contributed by atoms with E-state index in [4.69, 9.17) is 9.84 Å². The molecule has 5 nitrogen and oxygen atoms in total. The molecule has 2 fully saturated rings. The van der Waals surface area contributed by atoms with Gasteiger partial charge >= 0.3 is 6.03 Å². The van der Waals surface area contributed by atoms with Crippen LogP contribution in [0.2, 0.25) is 0 Å². The smallest absolute Gasteiger partial charge is 0.318 e. The molecule has 2 aliphatic rings. The molecule has 5 heteroatoms. The Balaban J connectivity index is 1.98. The average Bonchev–Trinajstić information content (AvgIpc) is 3.03. The second-order valence-corrected chi connectivity index (χ2v) is 6.82. The number of amides is 2. The summed E-state index contributed by atoms with van der Waals surface area (Å²) in [6.45, 7) is 8.55. The molecule has 19 heavy (non-hydrogen) atoms. The Morgan fingerprint density at radius 2 is 2.00 bits per heavy atom. The Kier molecular flexibility index (Phi) is 3.80. The lowest BCUT2D eigenvalue weighted by Gasteiger charge is -2.30. The minimum Gasteiger partial charge on any atom is -0.395 e. The highest BCUT2D eigenvalue weighted by atomic mass is 16.5. The van der Waals surface area contributed by atoms with Gasteiger partial charge in [0.2, 0.25) is 0 Å². The lowest BCUT2D eigenvalue weighted by atomic mass is 9.94. The van der Waals surface area contributed by atoms with Crippen molar-refractivity contribution in [1.82, 2.24) is 10.2 Å². The van der Waals surface area contributed by atoms with Crippen LogP contribution in [0, 0.1) is 0 Å². The molecule has 1 atom stereocenters. The number of hydrogen-bond acceptors (Lipinski definition) is 3. The first-order valence-corrected chi connectivity index (χ1v) is 7.13. The van der Waals surface area contributed by atoms with E-state index in [2.05, 4.69) is 5.32 Å². The van der Waals surface area contributed by atoms with Gasteiger partial charge in [-0.1, -0.05) is 0 Å². The number of rotatable bonds is 4. The summed E-state index contributed by atoms with van der Waals surface area (Å²) in [5, 5.41) is 12.1. The van der Waals surface area contributed by atoms with E-state index >= 15 is 0 Å². The van der Waals surface area contributed by atoms with Gasteiger partial charge in [-0.05, 0) is 47.0 Å². The first-order chi connectivity index (χ1) is 8.75. The second-order valence-electron chi connectivity index (χ2n) is 6.82. The highest BCUT2D eigenvalue weighted by Crippen LogP contribution is 2.37. The van der Waals surface area contributed by atoms with Gasteiger partial charge in [-0.25, -0.2) is 4.79 Å². The Morgan fingerprint density at radius 1 is 1.37 bits per heavy atom. The van der Waals surface area contributed by atoms with Crippen molar-refractivity contribution in [2.45, 2.75) is 70.2 Å². The molecule has 2 N–H and O–H groups in total. The van der Waals surface area contributed by atoms with Crippen LogP contribution in [0.15, 0.2) is 0 Å². The molecule has 0 bridgehead atoms. The van der Waals surface area contributed by atoms with Gasteiger partial charge in [0.25, 0.3) is 0 Å². The standard InChI is InChI=1S/C14H26N2O3/c1-13(2)9-11(14(3,4)19-13)15-12(18)16(7-8-17)10-5-6-10/h10-11,17H,5-9H2,1-4H3,(H,15,18). The maximum Gasteiger partial charge on any atom is 0.318 e. The zero-order chi connectivity index (χ0) is 14.3. The molecule has 1 heterocycles. The number of nitrogens with zero attached hydrogens (tertiary/aromatic N) is 1. The molecule has 110 valence electrons. The lowest BCUT2D eigenvalue weighted by Crippen LogP contribution is -2.52. The fourth-order valence-electron chi connectivity index (χ4n) is 2.96. The van der Waals surface area contributed by atoms with Crippen LogP contribution in [0.5, 0.6) is 0 Å². The molecule has 0 radical (unpaired) electrons. The van der Waals surface area contributed by atoms with E-state index in [0.717, 1.165) is 19.3 Å². The van der Waals surface area contributed by atoms with Crippen molar-refractivity contribution in [3.63, 3.8) is 0 Å². The summed E-state index contributed by atoms with van der Waals surface area (Å²) < 4.78 is 5.98. The van der Waals surface area contributed by atoms with E-state index in [0.29, 0.717) is 12.6 Å². The number of carbonyl (C=O) groups excluding carboxylic acids is 1. The first-order valence-electron chi connectivity index (χ1n) is 7.13. The summed E-state index contributed by atoms with van der Waals surface area (Å²) >= 11 is 0. The van der Waals surface area contributed by atoms with E-state index in [9.17, 15) is 4.79 Å². The number of carbonyl (C=O) groups is 1. The number of ether oxygens (including phenoxy) is 1. The molecule has 0 aromatic rings. The predicted molar refractivity (Wildman–Crippen MR) is 73.0 cm³/mol. The molecule has 1 unspecified atom stereocenters. The van der Waals surface area contributed by atoms with Crippen LogP contribution in [-0.4, -0.2) is 52.5 Å². The summed E-state index contributed by atoms with van der Waals surface area (Å²) in [4.78, 5) is 14.1. The molecule has 2 amide bonds. The van der Waals surface area contributed by atoms with Crippen LogP contribution in [0.3, 0.4) is 0 Å². The van der Waals surface area contributed by atoms with Crippen molar-refractivity contribution < 1.29 is 14.6 Å². The van der Waals surface area contributed by atoms with E-state index in [-0.39, 0.29) is 29.9 Å². The molecule has 1 saturated heterocycles. The SMILES string of the molecule is CC1(C)CC(NC(=O)N(CCO)C2CC2)C(C)(C)O1. The number of hydrogen-bond donors (Lipinski definition) is 2. The van der Waals surface area contributed by atoms with E-state index in [1.807, 2.05) is 27.7 Å². The summed E-state index contributed by atoms with van der Waals surface area (Å²) in [5.41, 5.74) is -0.559. The van der Waals surface area contributed by atoms with E-state index in [1.165, 1.54) is 0 Å². The van der Waals surface area contributed by atoms with Crippen molar-refractivity contribution in [2.75, 3.05) is 13.2 Å². The van der Waals surface area contributed by atoms with Crippen LogP contribution < -0.4 is 5.32 Å². The molecule has 1 aliphatic heterocycles. The van der Waals surface area contributed by atoms with Gasteiger partial charge in [0, 0.05) is 12.6 Å².